The summed E-state index contributed by atoms with van der Waals surface area (Å²) in [5.41, 5.74) is 16.0. The molecule has 0 atom stereocenters. The molecule has 0 spiro atoms. The van der Waals surface area contributed by atoms with E-state index in [2.05, 4.69) is 298 Å². The Morgan fingerprint density at radius 2 is 0.711 bits per heavy atom. The molecule has 0 aliphatic heterocycles. The van der Waals surface area contributed by atoms with Gasteiger partial charge in [0.1, 0.15) is 0 Å². The summed E-state index contributed by atoms with van der Waals surface area (Å²) in [7, 11) is 0. The molecule has 0 saturated carbocycles. The van der Waals surface area contributed by atoms with Gasteiger partial charge in [0.25, 0.3) is 0 Å². The highest BCUT2D eigenvalue weighted by Crippen LogP contribution is 2.47. The van der Waals surface area contributed by atoms with Crippen molar-refractivity contribution in [3.63, 3.8) is 0 Å². The minimum absolute atomic E-state index is 1.08. The average molecular weight is 967 g/mol. The first-order valence-electron chi connectivity index (χ1n) is 26.2. The summed E-state index contributed by atoms with van der Waals surface area (Å²) in [6.45, 7) is 0. The molecule has 3 aromatic heterocycles. The van der Waals surface area contributed by atoms with Crippen molar-refractivity contribution in [2.75, 3.05) is 4.90 Å². The number of fused-ring (bicyclic) bond motifs is 13. The van der Waals surface area contributed by atoms with Crippen LogP contribution >= 0.6 is 0 Å². The van der Waals surface area contributed by atoms with E-state index >= 15 is 0 Å². The van der Waals surface area contributed by atoms with Gasteiger partial charge in [-0.05, 0) is 146 Å². The molecule has 0 radical (unpaired) electrons. The van der Waals surface area contributed by atoms with Crippen molar-refractivity contribution in [3.8, 4) is 28.2 Å². The van der Waals surface area contributed by atoms with Crippen LogP contribution in [-0.4, -0.2) is 13.7 Å². The third-order valence-corrected chi connectivity index (χ3v) is 15.9. The molecular formula is C72H46N4. The standard InChI is InChI=1S/C72H46N4/c1-3-22-50(23-4-1)73(51-24-5-2-6-25-51)53-37-41-70-65(45-53)71-72(76(70)68-42-39-59(57-28-13-14-30-60(57)68)63-44-49-21-9-10-26-55(49)56-27-11-12-29-58(56)63)64-46-54(74-66-33-17-15-31-61(66)62-32-16-18-34-67(62)74)38-40-69(64)75(71)52-36-35-47-19-7-8-20-48(47)43-52/h1-46H. The summed E-state index contributed by atoms with van der Waals surface area (Å²) in [6, 6.07) is 103. The maximum atomic E-state index is 2.57. The highest BCUT2D eigenvalue weighted by molar-refractivity contribution is 6.23. The van der Waals surface area contributed by atoms with E-state index in [0.29, 0.717) is 0 Å². The largest absolute Gasteiger partial charge is 0.310 e. The molecular weight excluding hydrogens is 921 g/mol. The number of benzene rings is 13. The first kappa shape index (κ1) is 42.4. The molecule has 76 heavy (non-hydrogen) atoms. The number of nitrogens with zero attached hydrogens (tertiary/aromatic N) is 4. The zero-order valence-corrected chi connectivity index (χ0v) is 41.3. The third kappa shape index (κ3) is 6.31. The SMILES string of the molecule is c1ccc(N(c2ccccc2)c2ccc3c(c2)c2c(c4cc(-n5c6ccccc6c6ccccc65)ccc4n2-c2ccc4ccccc4c2)n3-c2ccc(-c3cc4ccccc4c4ccccc34)c3ccccc23)cc1. The van der Waals surface area contributed by atoms with Crippen LogP contribution in [0.3, 0.4) is 0 Å². The van der Waals surface area contributed by atoms with Gasteiger partial charge in [-0.1, -0.05) is 182 Å². The van der Waals surface area contributed by atoms with Crippen molar-refractivity contribution in [2.45, 2.75) is 0 Å². The Labute approximate surface area is 438 Å². The maximum absolute atomic E-state index is 2.57. The van der Waals surface area contributed by atoms with Crippen molar-refractivity contribution >= 4 is 115 Å². The molecule has 0 aliphatic carbocycles. The summed E-state index contributed by atoms with van der Waals surface area (Å²) in [5, 5.41) is 14.6. The molecule has 0 bridgehead atoms. The van der Waals surface area contributed by atoms with Crippen molar-refractivity contribution in [2.24, 2.45) is 0 Å². The molecule has 0 aliphatic rings. The Morgan fingerprint density at radius 3 is 1.42 bits per heavy atom. The molecule has 16 aromatic rings. The van der Waals surface area contributed by atoms with Gasteiger partial charge < -0.3 is 18.6 Å². The summed E-state index contributed by atoms with van der Waals surface area (Å²) in [4.78, 5) is 2.38. The Hall–Kier alpha value is -10.2. The fraction of sp³-hybridized carbons (Fsp3) is 0. The van der Waals surface area contributed by atoms with E-state index in [1.54, 1.807) is 0 Å². The minimum atomic E-state index is 1.08. The first-order chi connectivity index (χ1) is 37.7. The molecule has 0 unspecified atom stereocenters. The lowest BCUT2D eigenvalue weighted by Gasteiger charge is -2.25. The van der Waals surface area contributed by atoms with Gasteiger partial charge in [0.15, 0.2) is 0 Å². The third-order valence-electron chi connectivity index (χ3n) is 15.9. The quantitative estimate of drug-likeness (QED) is 0.146. The van der Waals surface area contributed by atoms with Crippen LogP contribution in [0.5, 0.6) is 0 Å². The molecule has 0 saturated heterocycles. The fourth-order valence-corrected chi connectivity index (χ4v) is 12.7. The van der Waals surface area contributed by atoms with Crippen LogP contribution in [0.15, 0.2) is 279 Å². The van der Waals surface area contributed by atoms with E-state index in [9.17, 15) is 0 Å². The van der Waals surface area contributed by atoms with Crippen LogP contribution in [0.25, 0.3) is 126 Å². The Balaban J connectivity index is 1.05. The van der Waals surface area contributed by atoms with Gasteiger partial charge >= 0.3 is 0 Å². The lowest BCUT2D eigenvalue weighted by Crippen LogP contribution is -2.09. The molecule has 4 heteroatoms. The number of hydrogen-bond donors (Lipinski definition) is 0. The second kappa shape index (κ2) is 16.7. The molecule has 13 aromatic carbocycles. The summed E-state index contributed by atoms with van der Waals surface area (Å²) in [6.07, 6.45) is 0. The van der Waals surface area contributed by atoms with Gasteiger partial charge in [-0.15, -0.1) is 0 Å². The average Bonchev–Trinajstić information content (AvgIpc) is 4.23. The molecule has 354 valence electrons. The van der Waals surface area contributed by atoms with Gasteiger partial charge in [-0.2, -0.15) is 0 Å². The first-order valence-corrected chi connectivity index (χ1v) is 26.2. The van der Waals surface area contributed by atoms with Gasteiger partial charge in [0, 0.05) is 55.4 Å². The molecule has 0 fully saturated rings. The van der Waals surface area contributed by atoms with Crippen molar-refractivity contribution in [1.29, 1.82) is 0 Å². The van der Waals surface area contributed by atoms with Crippen LogP contribution in [-0.2, 0) is 0 Å². The Kier molecular flexibility index (Phi) is 9.30. The Bertz CT molecular complexity index is 4910. The van der Waals surface area contributed by atoms with Gasteiger partial charge in [-0.3, -0.25) is 0 Å². The van der Waals surface area contributed by atoms with E-state index < -0.39 is 0 Å². The van der Waals surface area contributed by atoms with E-state index in [1.807, 2.05) is 0 Å². The van der Waals surface area contributed by atoms with Crippen molar-refractivity contribution in [1.82, 2.24) is 13.7 Å². The zero-order chi connectivity index (χ0) is 49.8. The van der Waals surface area contributed by atoms with Crippen LogP contribution in [0.4, 0.5) is 17.1 Å². The molecule has 0 amide bonds. The van der Waals surface area contributed by atoms with Gasteiger partial charge in [0.05, 0.1) is 38.8 Å². The van der Waals surface area contributed by atoms with Crippen LogP contribution in [0.1, 0.15) is 0 Å². The number of anilines is 3. The van der Waals surface area contributed by atoms with Gasteiger partial charge in [0.2, 0.25) is 0 Å². The topological polar surface area (TPSA) is 18.0 Å². The molecule has 16 rings (SSSR count). The van der Waals surface area contributed by atoms with Crippen LogP contribution in [0, 0.1) is 0 Å². The minimum Gasteiger partial charge on any atom is -0.310 e. The van der Waals surface area contributed by atoms with E-state index in [1.165, 1.54) is 76.0 Å². The molecule has 0 N–H and O–H groups in total. The number of para-hydroxylation sites is 4. The second-order valence-electron chi connectivity index (χ2n) is 20.0. The lowest BCUT2D eigenvalue weighted by atomic mass is 9.90. The predicted octanol–water partition coefficient (Wildman–Crippen LogP) is 19.6. The van der Waals surface area contributed by atoms with Crippen molar-refractivity contribution in [3.05, 3.63) is 279 Å². The lowest BCUT2D eigenvalue weighted by molar-refractivity contribution is 1.17. The number of aromatic nitrogens is 3. The monoisotopic (exact) mass is 966 g/mol. The number of rotatable bonds is 7. The van der Waals surface area contributed by atoms with E-state index in [-0.39, 0.29) is 0 Å². The highest BCUT2D eigenvalue weighted by Gasteiger charge is 2.26. The van der Waals surface area contributed by atoms with E-state index in [4.69, 9.17) is 0 Å². The predicted molar refractivity (Wildman–Crippen MR) is 322 cm³/mol. The van der Waals surface area contributed by atoms with E-state index in [0.717, 1.165) is 67.0 Å². The highest BCUT2D eigenvalue weighted by atomic mass is 15.1. The van der Waals surface area contributed by atoms with Crippen LogP contribution in [0.2, 0.25) is 0 Å². The maximum Gasteiger partial charge on any atom is 0.0804 e. The summed E-state index contributed by atoms with van der Waals surface area (Å²) in [5.74, 6) is 0. The molecule has 4 nitrogen and oxygen atoms in total. The summed E-state index contributed by atoms with van der Waals surface area (Å²) < 4.78 is 7.55. The molecule has 3 heterocycles. The summed E-state index contributed by atoms with van der Waals surface area (Å²) >= 11 is 0. The fourth-order valence-electron chi connectivity index (χ4n) is 12.7. The number of hydrogen-bond acceptors (Lipinski definition) is 1. The van der Waals surface area contributed by atoms with Crippen molar-refractivity contribution < 1.29 is 0 Å². The van der Waals surface area contributed by atoms with Gasteiger partial charge in [-0.25, -0.2) is 0 Å². The second-order valence-corrected chi connectivity index (χ2v) is 20.0. The Morgan fingerprint density at radius 1 is 0.224 bits per heavy atom. The zero-order valence-electron chi connectivity index (χ0n) is 41.3. The smallest absolute Gasteiger partial charge is 0.0804 e. The van der Waals surface area contributed by atoms with Crippen LogP contribution < -0.4 is 4.90 Å². The normalized spacial score (nSPS) is 11.9.